The molecule has 1 aliphatic rings. The minimum atomic E-state index is -0.278. The molecule has 152 valence electrons. The number of anilines is 1. The van der Waals surface area contributed by atoms with Gasteiger partial charge in [-0.25, -0.2) is 9.98 Å². The van der Waals surface area contributed by atoms with Crippen molar-refractivity contribution in [3.05, 3.63) is 47.7 Å². The summed E-state index contributed by atoms with van der Waals surface area (Å²) >= 11 is 7.39. The second kappa shape index (κ2) is 14.2. The summed E-state index contributed by atoms with van der Waals surface area (Å²) in [5, 5.41) is 0. The molecule has 0 atom stereocenters. The summed E-state index contributed by atoms with van der Waals surface area (Å²) < 4.78 is 4.77. The number of methoxy groups -OCH3 is 1. The number of halogens is 3. The molecule has 0 N–H and O–H groups in total. The van der Waals surface area contributed by atoms with Crippen molar-refractivity contribution < 1.29 is 14.5 Å². The topological polar surface area (TPSA) is 54.3 Å². The maximum absolute atomic E-state index is 11.8. The summed E-state index contributed by atoms with van der Waals surface area (Å²) in [5.74, 6) is -0.157. The Morgan fingerprint density at radius 1 is 1.18 bits per heavy atom. The average molecular weight is 757 g/mol. The Bertz CT molecular complexity index is 786. The Balaban J connectivity index is 0.000000892. The zero-order valence-electron chi connectivity index (χ0n) is 16.2. The third kappa shape index (κ3) is 9.27. The van der Waals surface area contributed by atoms with Crippen molar-refractivity contribution >= 4 is 89.2 Å². The third-order valence-electron chi connectivity index (χ3n) is 3.80. The van der Waals surface area contributed by atoms with Crippen LogP contribution in [0.3, 0.4) is 0 Å². The van der Waals surface area contributed by atoms with Crippen molar-refractivity contribution in [1.29, 1.82) is 0 Å². The molecule has 0 spiro atoms. The van der Waals surface area contributed by atoms with Gasteiger partial charge in [-0.3, -0.25) is 4.79 Å². The Kier molecular flexibility index (Phi) is 13.2. The number of aliphatic imine (C=N–C) groups is 2. The maximum atomic E-state index is 11.8. The van der Waals surface area contributed by atoms with Crippen molar-refractivity contribution in [3.63, 3.8) is 0 Å². The molecular weight excluding hydrogens is 734 g/mol. The minimum absolute atomic E-state index is 0.157. The number of nitrogens with zero attached hydrogens (tertiary/aromatic N) is 3. The van der Waals surface area contributed by atoms with Crippen LogP contribution < -0.4 is 4.90 Å². The number of ether oxygens (including phenoxy) is 1. The molecule has 1 aliphatic carbocycles. The van der Waals surface area contributed by atoms with Crippen LogP contribution in [0.4, 0.5) is 11.4 Å². The van der Waals surface area contributed by atoms with E-state index < -0.39 is 0 Å². The van der Waals surface area contributed by atoms with Crippen LogP contribution in [0.5, 0.6) is 0 Å². The summed E-state index contributed by atoms with van der Waals surface area (Å²) in [4.78, 5) is 22.4. The van der Waals surface area contributed by atoms with E-state index in [0.29, 0.717) is 11.4 Å². The number of aryl methyl sites for hydroxylation is 1. The van der Waals surface area contributed by atoms with Crippen LogP contribution in [-0.2, 0) is 14.5 Å². The molecule has 0 radical (unpaired) electrons. The van der Waals surface area contributed by atoms with Crippen LogP contribution in [0.25, 0.3) is 0 Å². The van der Waals surface area contributed by atoms with Gasteiger partial charge in [0.15, 0.2) is 6.40 Å². The van der Waals surface area contributed by atoms with Crippen LogP contribution in [0, 0.1) is 6.92 Å². The van der Waals surface area contributed by atoms with Gasteiger partial charge in [0.1, 0.15) is 5.70 Å². The van der Waals surface area contributed by atoms with Crippen LogP contribution >= 0.6 is 59.9 Å². The number of hydrogen-bond donors (Lipinski definition) is 0. The molecule has 0 saturated heterocycles. The normalized spacial score (nSPS) is 14.9. The van der Waals surface area contributed by atoms with E-state index in [1.807, 2.05) is 13.0 Å². The molecule has 0 bridgehead atoms. The first kappa shape index (κ1) is 26.1. The van der Waals surface area contributed by atoms with E-state index in [9.17, 15) is 4.79 Å². The molecule has 5 nitrogen and oxygen atoms in total. The molecule has 0 saturated carbocycles. The van der Waals surface area contributed by atoms with E-state index in [1.54, 1.807) is 12.2 Å². The van der Waals surface area contributed by atoms with E-state index in [4.69, 9.17) is 4.74 Å². The molecule has 1 aromatic carbocycles. The van der Waals surface area contributed by atoms with Gasteiger partial charge in [-0.1, -0.05) is 0 Å². The van der Waals surface area contributed by atoms with Crippen LogP contribution in [0.1, 0.15) is 19.4 Å². The van der Waals surface area contributed by atoms with Gasteiger partial charge in [-0.15, -0.1) is 0 Å². The zero-order chi connectivity index (χ0) is 21.1. The fourth-order valence-corrected chi connectivity index (χ4v) is 2.48. The first-order valence-corrected chi connectivity index (χ1v) is 22.0. The van der Waals surface area contributed by atoms with Gasteiger partial charge in [-0.2, -0.15) is 0 Å². The van der Waals surface area contributed by atoms with Crippen molar-refractivity contribution in [3.8, 4) is 0 Å². The third-order valence-corrected chi connectivity index (χ3v) is 3.80. The molecule has 0 fully saturated rings. The molecule has 9 heteroatoms. The molecule has 0 heterocycles. The number of hydrogen-bond acceptors (Lipinski definition) is 5. The van der Waals surface area contributed by atoms with E-state index in [-0.39, 0.29) is 10.7 Å². The van der Waals surface area contributed by atoms with E-state index in [2.05, 4.69) is 101 Å². The number of carbonyl (C=O) groups excluding carboxylic acids is 1. The summed E-state index contributed by atoms with van der Waals surface area (Å²) in [7, 11) is 1.49. The van der Waals surface area contributed by atoms with Gasteiger partial charge in [0.2, 0.25) is 5.78 Å². The Morgan fingerprint density at radius 2 is 1.82 bits per heavy atom. The second-order valence-electron chi connectivity index (χ2n) is 5.57. The van der Waals surface area contributed by atoms with Crippen LogP contribution in [0.15, 0.2) is 52.1 Å². The molecule has 28 heavy (non-hydrogen) atoms. The average Bonchev–Trinajstić information content (AvgIpc) is 2.64. The number of ketones is 1. The molecule has 2 rings (SSSR count). The van der Waals surface area contributed by atoms with Gasteiger partial charge in [0.05, 0.1) is 18.5 Å². The second-order valence-corrected chi connectivity index (χ2v) is 40.9. The van der Waals surface area contributed by atoms with Crippen LogP contribution in [0.2, 0.25) is 0 Å². The summed E-state index contributed by atoms with van der Waals surface area (Å²) in [6, 6.07) is 6.22. The predicted molar refractivity (Wildman–Crippen MR) is 142 cm³/mol. The van der Waals surface area contributed by atoms with Gasteiger partial charge < -0.3 is 9.64 Å². The quantitative estimate of drug-likeness (QED) is 0.149. The van der Waals surface area contributed by atoms with Crippen molar-refractivity contribution in [2.24, 2.45) is 9.98 Å². The van der Waals surface area contributed by atoms with Crippen LogP contribution in [-0.4, -0.2) is 38.1 Å². The van der Waals surface area contributed by atoms with E-state index >= 15 is 0 Å². The first-order valence-electron chi connectivity index (χ1n) is 8.53. The predicted octanol–water partition coefficient (Wildman–Crippen LogP) is 6.27. The number of benzene rings is 1. The number of allylic oxidation sites excluding steroid dienone is 3. The molecule has 0 unspecified atom stereocenters. The fraction of sp³-hybridized carbons (Fsp3) is 0.316. The Hall–Kier alpha value is 0.0844. The van der Waals surface area contributed by atoms with Crippen molar-refractivity contribution in [2.75, 3.05) is 25.1 Å². The van der Waals surface area contributed by atoms with Crippen molar-refractivity contribution in [1.82, 2.24) is 0 Å². The molecule has 1 aromatic rings. The van der Waals surface area contributed by atoms with Gasteiger partial charge >= 0.3 is 64.9 Å². The molecule has 0 amide bonds. The molecule has 0 aromatic heterocycles. The fourth-order valence-electron chi connectivity index (χ4n) is 2.48. The summed E-state index contributed by atoms with van der Waals surface area (Å²) in [6.45, 7) is 8.27. The van der Waals surface area contributed by atoms with E-state index in [1.165, 1.54) is 25.3 Å². The first-order chi connectivity index (χ1) is 13.3. The Morgan fingerprint density at radius 3 is 2.36 bits per heavy atom. The SMILES string of the molecule is CCN(CC)c1ccc(N=C2C=CC(=O)C(N=COC)=C2)c(C)c1.[I][V]([I])[I]. The standard InChI is InChI=1S/C19H23N3O2.3HI.V/c1-5-22(6-2)16-8-9-17(14(3)11-16)21-15-7-10-19(23)18(12-15)20-13-24-4;;;;/h7-13H,5-6H2,1-4H3;3*1H;/q;;;;+3/p-3. The number of rotatable bonds is 6. The molecular formula is C19H23I3N3O2V. The van der Waals surface area contributed by atoms with Gasteiger partial charge in [0.25, 0.3) is 0 Å². The Labute approximate surface area is 204 Å². The van der Waals surface area contributed by atoms with Gasteiger partial charge in [-0.05, 0) is 62.8 Å². The van der Waals surface area contributed by atoms with E-state index in [0.717, 1.165) is 24.3 Å². The zero-order valence-corrected chi connectivity index (χ0v) is 24.1. The summed E-state index contributed by atoms with van der Waals surface area (Å²) in [6.07, 6.45) is 6.08. The van der Waals surface area contributed by atoms with Gasteiger partial charge in [0, 0.05) is 18.8 Å². The summed E-state index contributed by atoms with van der Waals surface area (Å²) in [5.41, 5.74) is 4.17. The van der Waals surface area contributed by atoms with Crippen molar-refractivity contribution in [2.45, 2.75) is 20.8 Å². The number of carbonyl (C=O) groups is 1. The molecule has 0 aliphatic heterocycles. The monoisotopic (exact) mass is 757 g/mol.